The van der Waals surface area contributed by atoms with Gasteiger partial charge >= 0.3 is 6.09 Å². The van der Waals surface area contributed by atoms with Crippen molar-refractivity contribution in [2.24, 2.45) is 0 Å². The van der Waals surface area contributed by atoms with Gasteiger partial charge in [0.25, 0.3) is 0 Å². The van der Waals surface area contributed by atoms with Gasteiger partial charge in [-0.2, -0.15) is 0 Å². The van der Waals surface area contributed by atoms with Crippen LogP contribution in [0.4, 0.5) is 10.6 Å². The third kappa shape index (κ3) is 5.29. The molecule has 0 unspecified atom stereocenters. The van der Waals surface area contributed by atoms with E-state index >= 15 is 0 Å². The molecule has 1 amide bonds. The van der Waals surface area contributed by atoms with Crippen LogP contribution in [0.5, 0.6) is 0 Å². The molecule has 8 nitrogen and oxygen atoms in total. The molecule has 0 atom stereocenters. The van der Waals surface area contributed by atoms with Crippen LogP contribution < -0.4 is 10.6 Å². The minimum absolute atomic E-state index is 0.383. The highest BCUT2D eigenvalue weighted by Gasteiger charge is 2.15. The number of anilines is 1. The molecule has 0 fully saturated rings. The van der Waals surface area contributed by atoms with Gasteiger partial charge in [-0.25, -0.2) is 9.78 Å². The van der Waals surface area contributed by atoms with Crippen molar-refractivity contribution in [2.45, 2.75) is 51.0 Å². The molecule has 156 valence electrons. The Morgan fingerprint density at radius 2 is 1.97 bits per heavy atom. The van der Waals surface area contributed by atoms with Gasteiger partial charge in [0.1, 0.15) is 11.4 Å². The minimum Gasteiger partial charge on any atom is -0.444 e. The van der Waals surface area contributed by atoms with Crippen molar-refractivity contribution in [3.8, 4) is 0 Å². The van der Waals surface area contributed by atoms with E-state index < -0.39 is 5.60 Å². The van der Waals surface area contributed by atoms with Crippen molar-refractivity contribution in [2.75, 3.05) is 24.7 Å². The zero-order valence-corrected chi connectivity index (χ0v) is 18.4. The van der Waals surface area contributed by atoms with Gasteiger partial charge in [-0.3, -0.25) is 4.40 Å². The number of benzene rings is 1. The lowest BCUT2D eigenvalue weighted by atomic mass is 10.2. The summed E-state index contributed by atoms with van der Waals surface area (Å²) in [5.41, 5.74) is 2.14. The van der Waals surface area contributed by atoms with Gasteiger partial charge in [0.15, 0.2) is 5.82 Å². The van der Waals surface area contributed by atoms with Gasteiger partial charge in [0.2, 0.25) is 5.65 Å². The topological polar surface area (TPSA) is 93.4 Å². The molecule has 9 heteroatoms. The number of nitrogens with zero attached hydrogens (tertiary/aromatic N) is 4. The van der Waals surface area contributed by atoms with Crippen molar-refractivity contribution < 1.29 is 9.53 Å². The van der Waals surface area contributed by atoms with Crippen LogP contribution in [0, 0.1) is 6.92 Å². The van der Waals surface area contributed by atoms with Crippen molar-refractivity contribution in [1.82, 2.24) is 24.9 Å². The Labute approximate surface area is 174 Å². The van der Waals surface area contributed by atoms with E-state index in [1.807, 2.05) is 38.4 Å². The standard InChI is InChI=1S/C20H28N6O2S/c1-13-24-25-18-17(21-10-6-7-11-22-19(27)28-20(2,3)4)23-15-12-14(29-5)8-9-16(15)26(13)18/h8-9,12H,6-7,10-11H2,1-5H3,(H,21,23)(H,22,27). The summed E-state index contributed by atoms with van der Waals surface area (Å²) in [6, 6.07) is 6.22. The van der Waals surface area contributed by atoms with Crippen LogP contribution in [0.25, 0.3) is 16.7 Å². The molecule has 3 aromatic rings. The first-order valence-electron chi connectivity index (χ1n) is 9.69. The maximum absolute atomic E-state index is 11.7. The Balaban J connectivity index is 1.62. The smallest absolute Gasteiger partial charge is 0.407 e. The second kappa shape index (κ2) is 8.86. The zero-order valence-electron chi connectivity index (χ0n) is 17.6. The van der Waals surface area contributed by atoms with Crippen LogP contribution >= 0.6 is 11.8 Å². The molecule has 2 aromatic heterocycles. The van der Waals surface area contributed by atoms with E-state index in [0.29, 0.717) is 6.54 Å². The molecule has 2 heterocycles. The summed E-state index contributed by atoms with van der Waals surface area (Å²) in [5.74, 6) is 1.55. The third-order valence-electron chi connectivity index (χ3n) is 4.26. The summed E-state index contributed by atoms with van der Waals surface area (Å²) in [6.45, 7) is 8.77. The zero-order chi connectivity index (χ0) is 21.0. The van der Waals surface area contributed by atoms with Crippen molar-refractivity contribution in [1.29, 1.82) is 0 Å². The maximum atomic E-state index is 11.7. The predicted molar refractivity (Wildman–Crippen MR) is 117 cm³/mol. The normalized spacial score (nSPS) is 11.8. The fraction of sp³-hybridized carbons (Fsp3) is 0.500. The molecule has 0 aliphatic rings. The first-order chi connectivity index (χ1) is 13.8. The molecule has 3 rings (SSSR count). The molecule has 0 aliphatic carbocycles. The Kier molecular flexibility index (Phi) is 6.46. The Morgan fingerprint density at radius 3 is 2.69 bits per heavy atom. The molecule has 0 saturated carbocycles. The number of fused-ring (bicyclic) bond motifs is 3. The fourth-order valence-electron chi connectivity index (χ4n) is 2.96. The van der Waals surface area contributed by atoms with Crippen LogP contribution in [0.2, 0.25) is 0 Å². The quantitative estimate of drug-likeness (QED) is 0.444. The second-order valence-electron chi connectivity index (χ2n) is 7.78. The van der Waals surface area contributed by atoms with E-state index in [1.54, 1.807) is 11.8 Å². The van der Waals surface area contributed by atoms with Crippen LogP contribution in [0.3, 0.4) is 0 Å². The number of rotatable bonds is 7. The number of hydrogen-bond donors (Lipinski definition) is 2. The summed E-state index contributed by atoms with van der Waals surface area (Å²) < 4.78 is 7.26. The molecular formula is C20H28N6O2S. The number of aryl methyl sites for hydroxylation is 1. The van der Waals surface area contributed by atoms with E-state index in [4.69, 9.17) is 9.72 Å². The van der Waals surface area contributed by atoms with E-state index in [9.17, 15) is 4.79 Å². The lowest BCUT2D eigenvalue weighted by molar-refractivity contribution is 0.0527. The second-order valence-corrected chi connectivity index (χ2v) is 8.66. The molecule has 0 spiro atoms. The maximum Gasteiger partial charge on any atom is 0.407 e. The first-order valence-corrected chi connectivity index (χ1v) is 10.9. The van der Waals surface area contributed by atoms with Gasteiger partial charge in [-0.05, 0) is 65.0 Å². The number of amides is 1. The van der Waals surface area contributed by atoms with Gasteiger partial charge < -0.3 is 15.4 Å². The summed E-state index contributed by atoms with van der Waals surface area (Å²) in [6.07, 6.45) is 3.37. The number of hydrogen-bond acceptors (Lipinski definition) is 7. The number of aromatic nitrogens is 4. The third-order valence-corrected chi connectivity index (χ3v) is 4.98. The number of nitrogens with one attached hydrogen (secondary N) is 2. The highest BCUT2D eigenvalue weighted by atomic mass is 32.2. The molecule has 0 radical (unpaired) electrons. The first kappa shape index (κ1) is 21.2. The van der Waals surface area contributed by atoms with Crippen molar-refractivity contribution in [3.05, 3.63) is 24.0 Å². The number of unbranched alkanes of at least 4 members (excludes halogenated alkanes) is 1. The van der Waals surface area contributed by atoms with Crippen molar-refractivity contribution in [3.63, 3.8) is 0 Å². The van der Waals surface area contributed by atoms with E-state index in [2.05, 4.69) is 39.0 Å². The van der Waals surface area contributed by atoms with Crippen LogP contribution in [-0.2, 0) is 4.74 Å². The Morgan fingerprint density at radius 1 is 1.21 bits per heavy atom. The largest absolute Gasteiger partial charge is 0.444 e. The van der Waals surface area contributed by atoms with Gasteiger partial charge in [0, 0.05) is 18.0 Å². The van der Waals surface area contributed by atoms with Crippen LogP contribution in [0.15, 0.2) is 23.1 Å². The van der Waals surface area contributed by atoms with E-state index in [-0.39, 0.29) is 6.09 Å². The Bertz CT molecular complexity index is 1010. The number of carbonyl (C=O) groups is 1. The van der Waals surface area contributed by atoms with Crippen molar-refractivity contribution >= 4 is 40.4 Å². The fourth-order valence-corrected chi connectivity index (χ4v) is 3.40. The highest BCUT2D eigenvalue weighted by molar-refractivity contribution is 7.98. The molecular weight excluding hydrogens is 388 g/mol. The average molecular weight is 417 g/mol. The van der Waals surface area contributed by atoms with Crippen LogP contribution in [-0.4, -0.2) is 50.6 Å². The predicted octanol–water partition coefficient (Wildman–Crippen LogP) is 4.02. The SMILES string of the molecule is CSc1ccc2c(c1)nc(NCCCCNC(=O)OC(C)(C)C)c1nnc(C)n12. The molecule has 0 aliphatic heterocycles. The number of alkyl carbamates (subject to hydrolysis) is 1. The lowest BCUT2D eigenvalue weighted by Crippen LogP contribution is -2.33. The average Bonchev–Trinajstić information content (AvgIpc) is 3.04. The monoisotopic (exact) mass is 416 g/mol. The van der Waals surface area contributed by atoms with Gasteiger partial charge in [-0.15, -0.1) is 22.0 Å². The Hall–Kier alpha value is -2.55. The number of ether oxygens (including phenoxy) is 1. The van der Waals surface area contributed by atoms with E-state index in [1.165, 1.54) is 0 Å². The highest BCUT2D eigenvalue weighted by Crippen LogP contribution is 2.25. The van der Waals surface area contributed by atoms with E-state index in [0.717, 1.165) is 52.6 Å². The molecule has 0 saturated heterocycles. The van der Waals surface area contributed by atoms with Gasteiger partial charge in [-0.1, -0.05) is 0 Å². The molecule has 1 aromatic carbocycles. The van der Waals surface area contributed by atoms with Crippen LogP contribution in [0.1, 0.15) is 39.4 Å². The summed E-state index contributed by atoms with van der Waals surface area (Å²) in [7, 11) is 0. The van der Waals surface area contributed by atoms with Gasteiger partial charge in [0.05, 0.1) is 11.0 Å². The minimum atomic E-state index is -0.481. The summed E-state index contributed by atoms with van der Waals surface area (Å²) >= 11 is 1.69. The number of thioether (sulfide) groups is 1. The lowest BCUT2D eigenvalue weighted by Gasteiger charge is -2.19. The molecule has 0 bridgehead atoms. The summed E-state index contributed by atoms with van der Waals surface area (Å²) in [5, 5.41) is 14.7. The molecule has 2 N–H and O–H groups in total. The molecule has 29 heavy (non-hydrogen) atoms. The number of carbonyl (C=O) groups excluding carboxylic acids is 1. The summed E-state index contributed by atoms with van der Waals surface area (Å²) in [4.78, 5) is 17.6.